The van der Waals surface area contributed by atoms with Crippen LogP contribution in [0, 0.1) is 11.3 Å². The highest BCUT2D eigenvalue weighted by atomic mass is 32.1. The Bertz CT molecular complexity index is 896. The Hall–Kier alpha value is -2.68. The maximum atomic E-state index is 12.7. The highest BCUT2D eigenvalue weighted by Crippen LogP contribution is 2.33. The van der Waals surface area contributed by atoms with Crippen molar-refractivity contribution in [2.24, 2.45) is 0 Å². The van der Waals surface area contributed by atoms with Gasteiger partial charge in [0, 0.05) is 18.0 Å². The molecule has 1 aromatic carbocycles. The number of nitrogens with zero attached hydrogens (tertiary/aromatic N) is 3. The number of hydrogen-bond acceptors (Lipinski definition) is 8. The van der Waals surface area contributed by atoms with E-state index in [-0.39, 0.29) is 31.4 Å². The van der Waals surface area contributed by atoms with E-state index in [1.165, 1.54) is 12.5 Å². The predicted molar refractivity (Wildman–Crippen MR) is 106 cm³/mol. The molecule has 1 heterocycles. The number of halogens is 3. The molecule has 0 bridgehead atoms. The lowest BCUT2D eigenvalue weighted by Gasteiger charge is -2.28. The van der Waals surface area contributed by atoms with Gasteiger partial charge in [-0.15, -0.1) is 11.3 Å². The standard InChI is InChI=1S/C20H22F3N3O4S/c1-13(9-14-3-5-15(6-4-14)30-11-18(28)29-2)26(8-7-24)10-17(27)16-12-31-19(25-16)20(21,22)23/h3-6,12-13,17,27H,8-11H2,1-2H3. The van der Waals surface area contributed by atoms with Crippen LogP contribution in [0.1, 0.15) is 29.3 Å². The summed E-state index contributed by atoms with van der Waals surface area (Å²) in [6.07, 6.45) is -5.29. The Kier molecular flexibility index (Phi) is 8.79. The molecule has 1 N–H and O–H groups in total. The van der Waals surface area contributed by atoms with E-state index >= 15 is 0 Å². The number of alkyl halides is 3. The predicted octanol–water partition coefficient (Wildman–Crippen LogP) is 3.20. The number of ether oxygens (including phenoxy) is 2. The Balaban J connectivity index is 1.98. The van der Waals surface area contributed by atoms with E-state index in [0.717, 1.165) is 5.56 Å². The van der Waals surface area contributed by atoms with Crippen LogP contribution in [0.2, 0.25) is 0 Å². The number of carbonyl (C=O) groups is 1. The van der Waals surface area contributed by atoms with Gasteiger partial charge in [0.25, 0.3) is 0 Å². The second-order valence-electron chi connectivity index (χ2n) is 6.74. The second kappa shape index (κ2) is 11.1. The zero-order valence-electron chi connectivity index (χ0n) is 16.9. The smallest absolute Gasteiger partial charge is 0.443 e. The summed E-state index contributed by atoms with van der Waals surface area (Å²) < 4.78 is 48.0. The van der Waals surface area contributed by atoms with Gasteiger partial charge in [0.2, 0.25) is 0 Å². The molecule has 0 radical (unpaired) electrons. The van der Waals surface area contributed by atoms with E-state index < -0.39 is 23.3 Å². The van der Waals surface area contributed by atoms with Crippen molar-refractivity contribution < 1.29 is 32.5 Å². The number of aliphatic hydroxyl groups is 1. The largest absolute Gasteiger partial charge is 0.482 e. The number of aromatic nitrogens is 1. The molecular weight excluding hydrogens is 435 g/mol. The molecule has 31 heavy (non-hydrogen) atoms. The average Bonchev–Trinajstić information content (AvgIpc) is 3.23. The molecule has 0 aliphatic rings. The number of hydrogen-bond donors (Lipinski definition) is 1. The van der Waals surface area contributed by atoms with Gasteiger partial charge >= 0.3 is 12.1 Å². The van der Waals surface area contributed by atoms with Crippen LogP contribution in [0.4, 0.5) is 13.2 Å². The van der Waals surface area contributed by atoms with Crippen LogP contribution in [0.15, 0.2) is 29.6 Å². The number of aliphatic hydroxyl groups excluding tert-OH is 1. The molecule has 0 aliphatic carbocycles. The van der Waals surface area contributed by atoms with E-state index in [2.05, 4.69) is 9.72 Å². The van der Waals surface area contributed by atoms with E-state index in [4.69, 9.17) is 10.00 Å². The molecule has 7 nitrogen and oxygen atoms in total. The van der Waals surface area contributed by atoms with Crippen LogP contribution in [-0.2, 0) is 22.1 Å². The van der Waals surface area contributed by atoms with E-state index in [1.807, 2.05) is 13.0 Å². The summed E-state index contributed by atoms with van der Waals surface area (Å²) >= 11 is 0.424. The first kappa shape index (κ1) is 24.6. The third-order valence-electron chi connectivity index (χ3n) is 4.45. The number of nitriles is 1. The van der Waals surface area contributed by atoms with E-state index in [1.54, 1.807) is 29.2 Å². The van der Waals surface area contributed by atoms with Gasteiger partial charge in [-0.1, -0.05) is 12.1 Å². The van der Waals surface area contributed by atoms with E-state index in [0.29, 0.717) is 23.5 Å². The molecule has 0 amide bonds. The second-order valence-corrected chi connectivity index (χ2v) is 7.60. The van der Waals surface area contributed by atoms with Gasteiger partial charge in [-0.05, 0) is 31.0 Å². The average molecular weight is 457 g/mol. The van der Waals surface area contributed by atoms with E-state index in [9.17, 15) is 23.1 Å². The van der Waals surface area contributed by atoms with Gasteiger partial charge < -0.3 is 14.6 Å². The van der Waals surface area contributed by atoms with Crippen molar-refractivity contribution in [1.82, 2.24) is 9.88 Å². The van der Waals surface area contributed by atoms with Gasteiger partial charge in [-0.3, -0.25) is 4.90 Å². The fraction of sp³-hybridized carbons (Fsp3) is 0.450. The SMILES string of the molecule is COC(=O)COc1ccc(CC(C)N(CC#N)CC(O)c2csc(C(F)(F)F)n2)cc1. The zero-order valence-corrected chi connectivity index (χ0v) is 17.7. The topological polar surface area (TPSA) is 95.7 Å². The normalized spacial score (nSPS) is 13.5. The zero-order chi connectivity index (χ0) is 23.0. The summed E-state index contributed by atoms with van der Waals surface area (Å²) in [6, 6.07) is 8.84. The Morgan fingerprint density at radius 2 is 2.03 bits per heavy atom. The maximum Gasteiger partial charge on any atom is 0.443 e. The summed E-state index contributed by atoms with van der Waals surface area (Å²) in [5.41, 5.74) is 0.850. The Morgan fingerprint density at radius 1 is 1.35 bits per heavy atom. The van der Waals surface area contributed by atoms with Gasteiger partial charge in [-0.25, -0.2) is 9.78 Å². The van der Waals surface area contributed by atoms with Crippen molar-refractivity contribution in [2.75, 3.05) is 26.8 Å². The van der Waals surface area contributed by atoms with Crippen LogP contribution < -0.4 is 4.74 Å². The molecule has 2 aromatic rings. The molecule has 168 valence electrons. The maximum absolute atomic E-state index is 12.7. The lowest BCUT2D eigenvalue weighted by molar-refractivity contribution is -0.143. The van der Waals surface area contributed by atoms with Gasteiger partial charge in [0.1, 0.15) is 11.9 Å². The molecule has 0 saturated heterocycles. The minimum atomic E-state index is -4.56. The summed E-state index contributed by atoms with van der Waals surface area (Å²) in [5, 5.41) is 19.6. The first-order valence-corrected chi connectivity index (χ1v) is 10.1. The summed E-state index contributed by atoms with van der Waals surface area (Å²) in [4.78, 5) is 16.3. The number of carbonyl (C=O) groups excluding carboxylic acids is 1. The third kappa shape index (κ3) is 7.50. The van der Waals surface area contributed by atoms with Crippen LogP contribution in [0.5, 0.6) is 5.75 Å². The quantitative estimate of drug-likeness (QED) is 0.432. The fourth-order valence-electron chi connectivity index (χ4n) is 2.77. The molecule has 0 fully saturated rings. The van der Waals surface area contributed by atoms with Crippen molar-refractivity contribution in [1.29, 1.82) is 5.26 Å². The number of thiazole rings is 1. The minimum Gasteiger partial charge on any atom is -0.482 e. The molecule has 11 heteroatoms. The summed E-state index contributed by atoms with van der Waals surface area (Å²) in [6.45, 7) is 1.62. The monoisotopic (exact) mass is 457 g/mol. The minimum absolute atomic E-state index is 0.00514. The van der Waals surface area contributed by atoms with Crippen molar-refractivity contribution in [3.63, 3.8) is 0 Å². The van der Waals surface area contributed by atoms with Crippen molar-refractivity contribution >= 4 is 17.3 Å². The fourth-order valence-corrected chi connectivity index (χ4v) is 3.50. The molecule has 0 aliphatic heterocycles. The van der Waals surface area contributed by atoms with Gasteiger partial charge in [-0.2, -0.15) is 18.4 Å². The van der Waals surface area contributed by atoms with Crippen molar-refractivity contribution in [3.05, 3.63) is 45.9 Å². The summed E-state index contributed by atoms with van der Waals surface area (Å²) in [5.74, 6) is 0.000903. The Morgan fingerprint density at radius 3 is 2.58 bits per heavy atom. The van der Waals surface area contributed by atoms with Crippen LogP contribution in [0.3, 0.4) is 0 Å². The highest BCUT2D eigenvalue weighted by molar-refractivity contribution is 7.09. The third-order valence-corrected chi connectivity index (χ3v) is 5.35. The molecule has 2 unspecified atom stereocenters. The van der Waals surface area contributed by atoms with Crippen molar-refractivity contribution in [3.8, 4) is 11.8 Å². The Labute approximate surface area is 181 Å². The molecule has 2 atom stereocenters. The molecule has 2 rings (SSSR count). The number of rotatable bonds is 10. The van der Waals surface area contributed by atoms with Gasteiger partial charge in [0.15, 0.2) is 11.6 Å². The molecular formula is C20H22F3N3O4S. The van der Waals surface area contributed by atoms with Crippen LogP contribution >= 0.6 is 11.3 Å². The first-order valence-electron chi connectivity index (χ1n) is 9.24. The number of benzene rings is 1. The molecule has 0 saturated carbocycles. The lowest BCUT2D eigenvalue weighted by Crippen LogP contribution is -2.38. The molecule has 0 spiro atoms. The first-order chi connectivity index (χ1) is 14.6. The number of methoxy groups -OCH3 is 1. The molecule has 1 aromatic heterocycles. The lowest BCUT2D eigenvalue weighted by atomic mass is 10.0. The van der Waals surface area contributed by atoms with Gasteiger partial charge in [0.05, 0.1) is 25.4 Å². The summed E-state index contributed by atoms with van der Waals surface area (Å²) in [7, 11) is 1.27. The van der Waals surface area contributed by atoms with Crippen molar-refractivity contribution in [2.45, 2.75) is 31.7 Å². The highest BCUT2D eigenvalue weighted by Gasteiger charge is 2.35. The van der Waals surface area contributed by atoms with Crippen LogP contribution in [-0.4, -0.2) is 53.8 Å². The number of esters is 1. The van der Waals surface area contributed by atoms with Crippen LogP contribution in [0.25, 0.3) is 0 Å².